The van der Waals surface area contributed by atoms with Gasteiger partial charge >= 0.3 is 0 Å². The molecular weight excluding hydrogens is 330 g/mol. The third-order valence-corrected chi connectivity index (χ3v) is 6.08. The highest BCUT2D eigenvalue weighted by Gasteiger charge is 2.47. The van der Waals surface area contributed by atoms with E-state index in [0.29, 0.717) is 18.7 Å². The third kappa shape index (κ3) is 3.04. The Kier molecular flexibility index (Phi) is 4.54. The molecule has 4 rings (SSSR count). The molecule has 0 bridgehead atoms. The zero-order valence-electron chi connectivity index (χ0n) is 15.5. The number of amides is 2. The lowest BCUT2D eigenvalue weighted by atomic mass is 9.79. The molecule has 26 heavy (non-hydrogen) atoms. The summed E-state index contributed by atoms with van der Waals surface area (Å²) >= 11 is 0. The van der Waals surface area contributed by atoms with Crippen LogP contribution in [-0.4, -0.2) is 59.4 Å². The molecule has 0 saturated carbocycles. The molecule has 1 atom stereocenters. The molecule has 3 aliphatic heterocycles. The SMILES string of the molecule is Cc1nc(N2CCCCC2)ncc1C(=O)N1CC[C@]2(CCCNC2=O)C1. The van der Waals surface area contributed by atoms with Gasteiger partial charge in [-0.1, -0.05) is 0 Å². The standard InChI is InChI=1S/C19H27N5O2/c1-14-15(12-21-18(22-14)23-9-3-2-4-10-23)16(25)24-11-7-19(13-24)6-5-8-20-17(19)26/h12H,2-11,13H2,1H3,(H,20,26)/t19-/m1/s1. The molecule has 1 N–H and O–H groups in total. The van der Waals surface area contributed by atoms with Crippen LogP contribution in [0.2, 0.25) is 0 Å². The molecule has 0 radical (unpaired) electrons. The van der Waals surface area contributed by atoms with Crippen LogP contribution in [0.1, 0.15) is 54.6 Å². The Morgan fingerprint density at radius 1 is 1.15 bits per heavy atom. The van der Waals surface area contributed by atoms with E-state index in [4.69, 9.17) is 0 Å². The second-order valence-electron chi connectivity index (χ2n) is 7.83. The average Bonchev–Trinajstić information content (AvgIpc) is 3.09. The topological polar surface area (TPSA) is 78.4 Å². The largest absolute Gasteiger partial charge is 0.356 e. The highest BCUT2D eigenvalue weighted by Crippen LogP contribution is 2.38. The Morgan fingerprint density at radius 3 is 2.69 bits per heavy atom. The fourth-order valence-electron chi connectivity index (χ4n) is 4.45. The van der Waals surface area contributed by atoms with Crippen molar-refractivity contribution in [3.05, 3.63) is 17.5 Å². The van der Waals surface area contributed by atoms with E-state index in [9.17, 15) is 9.59 Å². The van der Waals surface area contributed by atoms with Gasteiger partial charge in [0.15, 0.2) is 0 Å². The van der Waals surface area contributed by atoms with Gasteiger partial charge in [0.2, 0.25) is 11.9 Å². The summed E-state index contributed by atoms with van der Waals surface area (Å²) < 4.78 is 0. The predicted molar refractivity (Wildman–Crippen MR) is 98.0 cm³/mol. The molecule has 0 aliphatic carbocycles. The van der Waals surface area contributed by atoms with Crippen LogP contribution in [0, 0.1) is 12.3 Å². The molecular formula is C19H27N5O2. The summed E-state index contributed by atoms with van der Waals surface area (Å²) in [7, 11) is 0. The van der Waals surface area contributed by atoms with E-state index in [-0.39, 0.29) is 11.8 Å². The van der Waals surface area contributed by atoms with Gasteiger partial charge in [0.25, 0.3) is 5.91 Å². The lowest BCUT2D eigenvalue weighted by molar-refractivity contribution is -0.132. The molecule has 0 unspecified atom stereocenters. The number of nitrogens with zero attached hydrogens (tertiary/aromatic N) is 4. The predicted octanol–water partition coefficient (Wildman–Crippen LogP) is 1.52. The Balaban J connectivity index is 1.49. The van der Waals surface area contributed by atoms with E-state index in [2.05, 4.69) is 20.2 Å². The monoisotopic (exact) mass is 357 g/mol. The maximum Gasteiger partial charge on any atom is 0.257 e. The minimum atomic E-state index is -0.392. The van der Waals surface area contributed by atoms with Crippen LogP contribution in [0.25, 0.3) is 0 Å². The van der Waals surface area contributed by atoms with E-state index in [1.807, 2.05) is 6.92 Å². The van der Waals surface area contributed by atoms with Crippen molar-refractivity contribution in [1.82, 2.24) is 20.2 Å². The molecule has 7 heteroatoms. The summed E-state index contributed by atoms with van der Waals surface area (Å²) in [6.07, 6.45) is 7.86. The number of hydrogen-bond donors (Lipinski definition) is 1. The van der Waals surface area contributed by atoms with Crippen molar-refractivity contribution in [3.63, 3.8) is 0 Å². The first-order valence-corrected chi connectivity index (χ1v) is 9.75. The van der Waals surface area contributed by atoms with Crippen LogP contribution in [0.15, 0.2) is 6.20 Å². The van der Waals surface area contributed by atoms with Crippen molar-refractivity contribution in [2.24, 2.45) is 5.41 Å². The van der Waals surface area contributed by atoms with Crippen molar-refractivity contribution in [2.45, 2.75) is 45.4 Å². The Bertz CT molecular complexity index is 716. The lowest BCUT2D eigenvalue weighted by Gasteiger charge is -2.32. The molecule has 1 aromatic rings. The van der Waals surface area contributed by atoms with Crippen molar-refractivity contribution < 1.29 is 9.59 Å². The number of nitrogens with one attached hydrogen (secondary N) is 1. The number of piperidine rings is 2. The normalized spacial score (nSPS) is 26.3. The van der Waals surface area contributed by atoms with Gasteiger partial charge < -0.3 is 15.1 Å². The van der Waals surface area contributed by atoms with Crippen LogP contribution in [-0.2, 0) is 4.79 Å². The number of carbonyl (C=O) groups is 2. The number of anilines is 1. The second kappa shape index (κ2) is 6.85. The highest BCUT2D eigenvalue weighted by molar-refractivity contribution is 5.96. The zero-order chi connectivity index (χ0) is 18.1. The molecule has 1 aromatic heterocycles. The van der Waals surface area contributed by atoms with Gasteiger partial charge in [0.05, 0.1) is 16.7 Å². The molecule has 2 amide bonds. The molecule has 140 valence electrons. The zero-order valence-corrected chi connectivity index (χ0v) is 15.5. The summed E-state index contributed by atoms with van der Waals surface area (Å²) in [5, 5.41) is 2.96. The van der Waals surface area contributed by atoms with Crippen LogP contribution in [0.5, 0.6) is 0 Å². The van der Waals surface area contributed by atoms with Crippen LogP contribution in [0.3, 0.4) is 0 Å². The molecule has 3 saturated heterocycles. The summed E-state index contributed by atoms with van der Waals surface area (Å²) in [5.74, 6) is 0.777. The van der Waals surface area contributed by atoms with E-state index in [1.165, 1.54) is 19.3 Å². The van der Waals surface area contributed by atoms with Crippen LogP contribution >= 0.6 is 0 Å². The number of rotatable bonds is 2. The third-order valence-electron chi connectivity index (χ3n) is 6.08. The van der Waals surface area contributed by atoms with Crippen molar-refractivity contribution in [3.8, 4) is 0 Å². The van der Waals surface area contributed by atoms with Gasteiger partial charge in [-0.25, -0.2) is 9.97 Å². The fraction of sp³-hybridized carbons (Fsp3) is 0.684. The fourth-order valence-corrected chi connectivity index (χ4v) is 4.45. The quantitative estimate of drug-likeness (QED) is 0.868. The number of aromatic nitrogens is 2. The maximum atomic E-state index is 13.0. The average molecular weight is 357 g/mol. The van der Waals surface area contributed by atoms with Crippen LogP contribution in [0.4, 0.5) is 5.95 Å². The molecule has 3 aliphatic rings. The van der Waals surface area contributed by atoms with Crippen LogP contribution < -0.4 is 10.2 Å². The van der Waals surface area contributed by atoms with Gasteiger partial charge in [-0.3, -0.25) is 9.59 Å². The van der Waals surface area contributed by atoms with Gasteiger partial charge in [0, 0.05) is 38.9 Å². The molecule has 4 heterocycles. The number of likely N-dealkylation sites (tertiary alicyclic amines) is 1. The summed E-state index contributed by atoms with van der Waals surface area (Å²) in [6, 6.07) is 0. The highest BCUT2D eigenvalue weighted by atomic mass is 16.2. The summed E-state index contributed by atoms with van der Waals surface area (Å²) in [5.41, 5.74) is 0.884. The first-order chi connectivity index (χ1) is 12.6. The molecule has 7 nitrogen and oxygen atoms in total. The van der Waals surface area contributed by atoms with E-state index in [1.54, 1.807) is 11.1 Å². The number of hydrogen-bond acceptors (Lipinski definition) is 5. The second-order valence-corrected chi connectivity index (χ2v) is 7.83. The molecule has 0 aromatic carbocycles. The van der Waals surface area contributed by atoms with Crippen molar-refractivity contribution in [1.29, 1.82) is 0 Å². The van der Waals surface area contributed by atoms with Gasteiger partial charge in [-0.2, -0.15) is 0 Å². The Labute approximate surface area is 154 Å². The Hall–Kier alpha value is -2.18. The van der Waals surface area contributed by atoms with Gasteiger partial charge in [-0.05, 0) is 45.4 Å². The molecule has 1 spiro atoms. The Morgan fingerprint density at radius 2 is 1.96 bits per heavy atom. The van der Waals surface area contributed by atoms with Gasteiger partial charge in [-0.15, -0.1) is 0 Å². The first kappa shape index (κ1) is 17.2. The summed E-state index contributed by atoms with van der Waals surface area (Å²) in [4.78, 5) is 38.4. The summed E-state index contributed by atoms with van der Waals surface area (Å²) in [6.45, 7) is 5.72. The smallest absolute Gasteiger partial charge is 0.257 e. The number of aryl methyl sites for hydroxylation is 1. The van der Waals surface area contributed by atoms with Gasteiger partial charge in [0.1, 0.15) is 0 Å². The molecule has 3 fully saturated rings. The first-order valence-electron chi connectivity index (χ1n) is 9.75. The van der Waals surface area contributed by atoms with E-state index < -0.39 is 5.41 Å². The maximum absolute atomic E-state index is 13.0. The van der Waals surface area contributed by atoms with Crippen molar-refractivity contribution >= 4 is 17.8 Å². The lowest BCUT2D eigenvalue weighted by Crippen LogP contribution is -2.47. The van der Waals surface area contributed by atoms with E-state index in [0.717, 1.165) is 50.5 Å². The minimum absolute atomic E-state index is 0.0528. The van der Waals surface area contributed by atoms with E-state index >= 15 is 0 Å². The number of carbonyl (C=O) groups excluding carboxylic acids is 2. The van der Waals surface area contributed by atoms with Crippen molar-refractivity contribution in [2.75, 3.05) is 37.6 Å². The minimum Gasteiger partial charge on any atom is -0.356 e.